The molecule has 7 nitrogen and oxygen atoms in total. The molecular weight excluding hydrogens is 468 g/mol. The van der Waals surface area contributed by atoms with E-state index in [2.05, 4.69) is 10.0 Å². The van der Waals surface area contributed by atoms with E-state index in [9.17, 15) is 21.6 Å². The van der Waals surface area contributed by atoms with Crippen LogP contribution in [0.2, 0.25) is 0 Å². The molecule has 0 radical (unpaired) electrons. The first-order valence-electron chi connectivity index (χ1n) is 9.79. The van der Waals surface area contributed by atoms with E-state index in [-0.39, 0.29) is 21.7 Å². The number of hydrogen-bond donors (Lipinski definition) is 2. The number of sulfonamides is 1. The number of thiophene rings is 1. The van der Waals surface area contributed by atoms with Crippen molar-refractivity contribution in [2.45, 2.75) is 29.2 Å². The van der Waals surface area contributed by atoms with Gasteiger partial charge in [0.05, 0.1) is 15.8 Å². The van der Waals surface area contributed by atoms with Crippen LogP contribution in [0.5, 0.6) is 0 Å². The smallest absolute Gasteiger partial charge is 0.251 e. The fourth-order valence-corrected chi connectivity index (χ4v) is 5.37. The molecule has 0 fully saturated rings. The number of nitrogens with one attached hydrogen (secondary N) is 2. The van der Waals surface area contributed by atoms with Gasteiger partial charge in [0.15, 0.2) is 9.84 Å². The number of rotatable bonds is 9. The Morgan fingerprint density at radius 1 is 0.938 bits per heavy atom. The van der Waals surface area contributed by atoms with Gasteiger partial charge in [-0.25, -0.2) is 21.6 Å². The summed E-state index contributed by atoms with van der Waals surface area (Å²) in [6.07, 6.45) is 1.75. The van der Waals surface area contributed by atoms with Gasteiger partial charge in [0.1, 0.15) is 0 Å². The zero-order chi connectivity index (χ0) is 23.4. The van der Waals surface area contributed by atoms with E-state index < -0.39 is 19.9 Å². The van der Waals surface area contributed by atoms with Gasteiger partial charge in [-0.15, -0.1) is 11.3 Å². The average molecular weight is 493 g/mol. The standard InChI is InChI=1S/C22H24N2O5S3/c1-16(17-5-9-20(10-6-17)31(2,26)27)24-22(25)18-7-11-21(12-8-18)32(28,29)23-14-13-19-4-3-15-30-19/h3-12,15-16,23H,13-14H2,1-2H3,(H,24,25). The first-order chi connectivity index (χ1) is 15.1. The topological polar surface area (TPSA) is 109 Å². The second-order valence-corrected chi connectivity index (χ2v) is 12.1. The molecule has 2 N–H and O–H groups in total. The van der Waals surface area contributed by atoms with E-state index in [0.29, 0.717) is 18.5 Å². The van der Waals surface area contributed by atoms with Crippen LogP contribution in [0.25, 0.3) is 0 Å². The highest BCUT2D eigenvalue weighted by molar-refractivity contribution is 7.90. The Balaban J connectivity index is 1.60. The van der Waals surface area contributed by atoms with Crippen molar-refractivity contribution >= 4 is 37.1 Å². The van der Waals surface area contributed by atoms with Crippen molar-refractivity contribution in [1.82, 2.24) is 10.0 Å². The molecule has 1 aromatic heterocycles. The molecule has 0 saturated heterocycles. The molecule has 0 aliphatic heterocycles. The summed E-state index contributed by atoms with van der Waals surface area (Å²) in [6.45, 7) is 2.07. The lowest BCUT2D eigenvalue weighted by Crippen LogP contribution is -2.27. The predicted octanol–water partition coefficient (Wildman–Crippen LogP) is 3.16. The quantitative estimate of drug-likeness (QED) is 0.477. The van der Waals surface area contributed by atoms with E-state index in [4.69, 9.17) is 0 Å². The summed E-state index contributed by atoms with van der Waals surface area (Å²) >= 11 is 1.57. The van der Waals surface area contributed by atoms with E-state index in [1.807, 2.05) is 17.5 Å². The highest BCUT2D eigenvalue weighted by Crippen LogP contribution is 2.18. The molecule has 3 rings (SSSR count). The Morgan fingerprint density at radius 3 is 2.12 bits per heavy atom. The Kier molecular flexibility index (Phi) is 7.50. The monoisotopic (exact) mass is 492 g/mol. The average Bonchev–Trinajstić information content (AvgIpc) is 3.26. The summed E-state index contributed by atoms with van der Waals surface area (Å²) in [5, 5.41) is 4.77. The molecule has 2 aromatic carbocycles. The Labute approximate surface area is 192 Å². The molecule has 1 unspecified atom stereocenters. The number of sulfone groups is 1. The highest BCUT2D eigenvalue weighted by Gasteiger charge is 2.16. The van der Waals surface area contributed by atoms with Gasteiger partial charge in [-0.05, 0) is 66.8 Å². The largest absolute Gasteiger partial charge is 0.346 e. The van der Waals surface area contributed by atoms with E-state index in [0.717, 1.165) is 16.7 Å². The van der Waals surface area contributed by atoms with Crippen molar-refractivity contribution in [2.24, 2.45) is 0 Å². The van der Waals surface area contributed by atoms with Crippen molar-refractivity contribution < 1.29 is 21.6 Å². The Hall–Kier alpha value is -2.53. The lowest BCUT2D eigenvalue weighted by Gasteiger charge is -2.15. The van der Waals surface area contributed by atoms with Crippen molar-refractivity contribution in [3.8, 4) is 0 Å². The number of carbonyl (C=O) groups is 1. The minimum atomic E-state index is -3.66. The van der Waals surface area contributed by atoms with Crippen LogP contribution in [0.4, 0.5) is 0 Å². The van der Waals surface area contributed by atoms with Gasteiger partial charge in [0, 0.05) is 23.2 Å². The molecule has 0 spiro atoms. The molecule has 170 valence electrons. The van der Waals surface area contributed by atoms with Crippen LogP contribution in [0.3, 0.4) is 0 Å². The van der Waals surface area contributed by atoms with Gasteiger partial charge in [-0.1, -0.05) is 18.2 Å². The Bertz CT molecular complexity index is 1270. The summed E-state index contributed by atoms with van der Waals surface area (Å²) in [5.41, 5.74) is 1.07. The van der Waals surface area contributed by atoms with Crippen molar-refractivity contribution in [3.05, 3.63) is 82.0 Å². The fraction of sp³-hybridized carbons (Fsp3) is 0.227. The molecular formula is C22H24N2O5S3. The van der Waals surface area contributed by atoms with Crippen LogP contribution in [0, 0.1) is 0 Å². The lowest BCUT2D eigenvalue weighted by molar-refractivity contribution is 0.0939. The van der Waals surface area contributed by atoms with Crippen molar-refractivity contribution in [3.63, 3.8) is 0 Å². The first-order valence-corrected chi connectivity index (χ1v) is 14.0. The third-order valence-corrected chi connectivity index (χ3v) is 8.37. The van der Waals surface area contributed by atoms with Crippen LogP contribution in [0.15, 0.2) is 75.8 Å². The van der Waals surface area contributed by atoms with E-state index in [1.165, 1.54) is 36.4 Å². The van der Waals surface area contributed by atoms with Crippen LogP contribution in [-0.2, 0) is 26.3 Å². The zero-order valence-corrected chi connectivity index (χ0v) is 20.1. The van der Waals surface area contributed by atoms with Crippen LogP contribution < -0.4 is 10.0 Å². The molecule has 0 bridgehead atoms. The maximum absolute atomic E-state index is 12.5. The third kappa shape index (κ3) is 6.26. The minimum Gasteiger partial charge on any atom is -0.346 e. The van der Waals surface area contributed by atoms with Gasteiger partial charge in [-0.3, -0.25) is 4.79 Å². The maximum Gasteiger partial charge on any atom is 0.251 e. The summed E-state index contributed by atoms with van der Waals surface area (Å²) in [7, 11) is -6.95. The van der Waals surface area contributed by atoms with Gasteiger partial charge in [-0.2, -0.15) is 0 Å². The molecule has 0 aliphatic rings. The normalized spacial score (nSPS) is 12.9. The second-order valence-electron chi connectivity index (χ2n) is 7.29. The first kappa shape index (κ1) is 24.1. The zero-order valence-electron chi connectivity index (χ0n) is 17.6. The predicted molar refractivity (Wildman–Crippen MR) is 125 cm³/mol. The molecule has 0 saturated carbocycles. The number of benzene rings is 2. The number of amides is 1. The highest BCUT2D eigenvalue weighted by atomic mass is 32.2. The molecule has 1 heterocycles. The summed E-state index contributed by atoms with van der Waals surface area (Å²) < 4.78 is 50.6. The van der Waals surface area contributed by atoms with Gasteiger partial charge in [0.2, 0.25) is 10.0 Å². The lowest BCUT2D eigenvalue weighted by atomic mass is 10.1. The van der Waals surface area contributed by atoms with Crippen LogP contribution >= 0.6 is 11.3 Å². The molecule has 3 aromatic rings. The van der Waals surface area contributed by atoms with E-state index >= 15 is 0 Å². The van der Waals surface area contributed by atoms with Gasteiger partial charge >= 0.3 is 0 Å². The van der Waals surface area contributed by atoms with Crippen molar-refractivity contribution in [2.75, 3.05) is 12.8 Å². The molecule has 10 heteroatoms. The number of carbonyl (C=O) groups excluding carboxylic acids is 1. The molecule has 32 heavy (non-hydrogen) atoms. The SMILES string of the molecule is CC(NC(=O)c1ccc(S(=O)(=O)NCCc2cccs2)cc1)c1ccc(S(C)(=O)=O)cc1. The minimum absolute atomic E-state index is 0.0876. The van der Waals surface area contributed by atoms with Gasteiger partial charge in [0.25, 0.3) is 5.91 Å². The van der Waals surface area contributed by atoms with E-state index in [1.54, 1.807) is 30.4 Å². The second kappa shape index (κ2) is 9.95. The summed E-state index contributed by atoms with van der Waals surface area (Å²) in [5.74, 6) is -0.362. The molecule has 0 aliphatic carbocycles. The van der Waals surface area contributed by atoms with Crippen LogP contribution in [-0.4, -0.2) is 35.5 Å². The van der Waals surface area contributed by atoms with Crippen molar-refractivity contribution in [1.29, 1.82) is 0 Å². The fourth-order valence-electron chi connectivity index (χ4n) is 3.00. The summed E-state index contributed by atoms with van der Waals surface area (Å²) in [6, 6.07) is 15.5. The summed E-state index contributed by atoms with van der Waals surface area (Å²) in [4.78, 5) is 13.9. The number of hydrogen-bond acceptors (Lipinski definition) is 6. The van der Waals surface area contributed by atoms with Gasteiger partial charge < -0.3 is 5.32 Å². The molecule has 1 amide bonds. The molecule has 1 atom stereocenters. The van der Waals surface area contributed by atoms with Crippen LogP contribution in [0.1, 0.15) is 33.8 Å². The maximum atomic E-state index is 12.5. The Morgan fingerprint density at radius 2 is 1.56 bits per heavy atom. The third-order valence-electron chi connectivity index (χ3n) is 4.83.